The maximum absolute atomic E-state index is 12.5. The average Bonchev–Trinajstić information content (AvgIpc) is 3.09. The van der Waals surface area contributed by atoms with Gasteiger partial charge < -0.3 is 10.2 Å². The molecule has 0 unspecified atom stereocenters. The number of nitrogens with zero attached hydrogens (tertiary/aromatic N) is 2. The van der Waals surface area contributed by atoms with Crippen molar-refractivity contribution in [2.75, 3.05) is 25.5 Å². The van der Waals surface area contributed by atoms with Gasteiger partial charge in [0.25, 0.3) is 0 Å². The first-order valence-electron chi connectivity index (χ1n) is 6.68. The highest BCUT2D eigenvalue weighted by atomic mass is 32.1. The van der Waals surface area contributed by atoms with Gasteiger partial charge in [0, 0.05) is 30.6 Å². The predicted octanol–water partition coefficient (Wildman–Crippen LogP) is 2.43. The molecule has 0 aliphatic carbocycles. The topological polar surface area (TPSA) is 45.2 Å². The molecule has 4 nitrogen and oxygen atoms in total. The fourth-order valence-corrected chi connectivity index (χ4v) is 3.32. The monoisotopic (exact) mass is 287 g/mol. The summed E-state index contributed by atoms with van der Waals surface area (Å²) in [5.41, 5.74) is 1.23. The van der Waals surface area contributed by atoms with Gasteiger partial charge >= 0.3 is 0 Å². The third kappa shape index (κ3) is 2.73. The van der Waals surface area contributed by atoms with E-state index in [9.17, 15) is 4.79 Å². The van der Waals surface area contributed by atoms with Crippen molar-refractivity contribution in [1.29, 1.82) is 0 Å². The number of likely N-dealkylation sites (tertiary alicyclic amines) is 1. The van der Waals surface area contributed by atoms with Gasteiger partial charge in [0.05, 0.1) is 5.92 Å². The molecule has 2 heterocycles. The standard InChI is InChI=1S/C15H17N3OS/c1-18-9-12(11-5-3-2-4-6-11)13(10-18)14(19)17-15-16-7-8-20-15/h2-8,12-13H,9-10H2,1H3,(H,16,17,19)/t12-,13+/m0/s1. The molecule has 0 spiro atoms. The molecule has 0 bridgehead atoms. The minimum Gasteiger partial charge on any atom is -0.305 e. The number of nitrogens with one attached hydrogen (secondary N) is 1. The Bertz CT molecular complexity index is 570. The van der Waals surface area contributed by atoms with Crippen LogP contribution >= 0.6 is 11.3 Å². The van der Waals surface area contributed by atoms with Crippen LogP contribution in [0.1, 0.15) is 11.5 Å². The summed E-state index contributed by atoms with van der Waals surface area (Å²) in [6, 6.07) is 10.3. The molecule has 1 aromatic heterocycles. The number of hydrogen-bond acceptors (Lipinski definition) is 4. The minimum absolute atomic E-state index is 0.0219. The maximum atomic E-state index is 12.5. The van der Waals surface area contributed by atoms with Gasteiger partial charge in [-0.3, -0.25) is 4.79 Å². The number of carbonyl (C=O) groups is 1. The minimum atomic E-state index is -0.0219. The van der Waals surface area contributed by atoms with Gasteiger partial charge in [0.15, 0.2) is 5.13 Å². The molecule has 5 heteroatoms. The van der Waals surface area contributed by atoms with Gasteiger partial charge in [0.1, 0.15) is 0 Å². The Morgan fingerprint density at radius 1 is 1.35 bits per heavy atom. The molecule has 3 rings (SSSR count). The van der Waals surface area contributed by atoms with Crippen molar-refractivity contribution >= 4 is 22.4 Å². The molecule has 1 amide bonds. The van der Waals surface area contributed by atoms with Crippen molar-refractivity contribution in [3.05, 3.63) is 47.5 Å². The number of benzene rings is 1. The fraction of sp³-hybridized carbons (Fsp3) is 0.333. The lowest BCUT2D eigenvalue weighted by Gasteiger charge is -2.17. The summed E-state index contributed by atoms with van der Waals surface area (Å²) in [5.74, 6) is 0.297. The lowest BCUT2D eigenvalue weighted by Crippen LogP contribution is -2.28. The number of thiazole rings is 1. The highest BCUT2D eigenvalue weighted by Gasteiger charge is 2.37. The lowest BCUT2D eigenvalue weighted by atomic mass is 9.88. The van der Waals surface area contributed by atoms with E-state index >= 15 is 0 Å². The van der Waals surface area contributed by atoms with Gasteiger partial charge in [-0.1, -0.05) is 30.3 Å². The third-order valence-corrected chi connectivity index (χ3v) is 4.42. The first-order valence-corrected chi connectivity index (χ1v) is 7.56. The van der Waals surface area contributed by atoms with Crippen LogP contribution in [0.3, 0.4) is 0 Å². The Morgan fingerprint density at radius 3 is 2.85 bits per heavy atom. The number of hydrogen-bond donors (Lipinski definition) is 1. The molecule has 1 aromatic carbocycles. The van der Waals surface area contributed by atoms with Crippen LogP contribution in [0.5, 0.6) is 0 Å². The second kappa shape index (κ2) is 5.73. The number of anilines is 1. The molecule has 20 heavy (non-hydrogen) atoms. The molecule has 1 fully saturated rings. The van der Waals surface area contributed by atoms with E-state index in [1.54, 1.807) is 6.20 Å². The zero-order chi connectivity index (χ0) is 13.9. The number of likely N-dealkylation sites (N-methyl/N-ethyl adjacent to an activating group) is 1. The number of amides is 1. The second-order valence-corrected chi connectivity index (χ2v) is 6.07. The van der Waals surface area contributed by atoms with E-state index in [0.717, 1.165) is 13.1 Å². The first kappa shape index (κ1) is 13.3. The van der Waals surface area contributed by atoms with Gasteiger partial charge in [0.2, 0.25) is 5.91 Å². The van der Waals surface area contributed by atoms with Crippen molar-refractivity contribution in [2.45, 2.75) is 5.92 Å². The maximum Gasteiger partial charge on any atom is 0.231 e. The first-order chi connectivity index (χ1) is 9.74. The molecular formula is C15H17N3OS. The third-order valence-electron chi connectivity index (χ3n) is 3.73. The molecule has 104 valence electrons. The zero-order valence-corrected chi connectivity index (χ0v) is 12.1. The summed E-state index contributed by atoms with van der Waals surface area (Å²) in [4.78, 5) is 18.8. The molecule has 1 aliphatic rings. The zero-order valence-electron chi connectivity index (χ0n) is 11.3. The average molecular weight is 287 g/mol. The summed E-state index contributed by atoms with van der Waals surface area (Å²) < 4.78 is 0. The van der Waals surface area contributed by atoms with Crippen LogP contribution < -0.4 is 5.32 Å². The largest absolute Gasteiger partial charge is 0.305 e. The second-order valence-electron chi connectivity index (χ2n) is 5.17. The van der Waals surface area contributed by atoms with Crippen LogP contribution in [0, 0.1) is 5.92 Å². The van der Waals surface area contributed by atoms with Gasteiger partial charge in [-0.05, 0) is 12.6 Å². The Balaban J connectivity index is 1.78. The van der Waals surface area contributed by atoms with E-state index < -0.39 is 0 Å². The number of rotatable bonds is 3. The van der Waals surface area contributed by atoms with E-state index in [0.29, 0.717) is 5.13 Å². The van der Waals surface area contributed by atoms with Crippen LogP contribution in [0.25, 0.3) is 0 Å². The summed E-state index contributed by atoms with van der Waals surface area (Å²) in [6.45, 7) is 1.71. The molecule has 1 saturated heterocycles. The number of carbonyl (C=O) groups excluding carboxylic acids is 1. The van der Waals surface area contributed by atoms with E-state index in [-0.39, 0.29) is 17.7 Å². The molecular weight excluding hydrogens is 270 g/mol. The van der Waals surface area contributed by atoms with Gasteiger partial charge in [-0.25, -0.2) is 4.98 Å². The molecule has 1 aliphatic heterocycles. The van der Waals surface area contributed by atoms with E-state index in [1.807, 2.05) is 23.6 Å². The van der Waals surface area contributed by atoms with E-state index in [1.165, 1.54) is 16.9 Å². The SMILES string of the molecule is CN1C[C@@H](C(=O)Nc2nccs2)[C@H](c2ccccc2)C1. The lowest BCUT2D eigenvalue weighted by molar-refractivity contribution is -0.119. The van der Waals surface area contributed by atoms with Crippen LogP contribution in [-0.4, -0.2) is 35.9 Å². The summed E-state index contributed by atoms with van der Waals surface area (Å²) in [5, 5.41) is 5.47. The number of aromatic nitrogens is 1. The highest BCUT2D eigenvalue weighted by molar-refractivity contribution is 7.13. The van der Waals surface area contributed by atoms with Crippen LogP contribution in [0.2, 0.25) is 0 Å². The molecule has 0 radical (unpaired) electrons. The van der Waals surface area contributed by atoms with Crippen LogP contribution in [-0.2, 0) is 4.79 Å². The van der Waals surface area contributed by atoms with E-state index in [2.05, 4.69) is 34.4 Å². The fourth-order valence-electron chi connectivity index (χ4n) is 2.79. The summed E-state index contributed by atoms with van der Waals surface area (Å²) in [7, 11) is 2.06. The van der Waals surface area contributed by atoms with Gasteiger partial charge in [-0.15, -0.1) is 11.3 Å². The van der Waals surface area contributed by atoms with Crippen molar-refractivity contribution in [3.63, 3.8) is 0 Å². The van der Waals surface area contributed by atoms with Crippen LogP contribution in [0.4, 0.5) is 5.13 Å². The van der Waals surface area contributed by atoms with Crippen molar-refractivity contribution in [1.82, 2.24) is 9.88 Å². The molecule has 1 N–H and O–H groups in total. The molecule has 2 atom stereocenters. The van der Waals surface area contributed by atoms with Crippen LogP contribution in [0.15, 0.2) is 41.9 Å². The normalized spacial score (nSPS) is 22.9. The summed E-state index contributed by atoms with van der Waals surface area (Å²) in [6.07, 6.45) is 1.70. The predicted molar refractivity (Wildman–Crippen MR) is 80.9 cm³/mol. The van der Waals surface area contributed by atoms with E-state index in [4.69, 9.17) is 0 Å². The quantitative estimate of drug-likeness (QED) is 0.943. The molecule has 0 saturated carbocycles. The van der Waals surface area contributed by atoms with Crippen molar-refractivity contribution in [2.24, 2.45) is 5.92 Å². The Labute approximate surface area is 122 Å². The summed E-state index contributed by atoms with van der Waals surface area (Å²) >= 11 is 1.45. The highest BCUT2D eigenvalue weighted by Crippen LogP contribution is 2.32. The van der Waals surface area contributed by atoms with Crippen molar-refractivity contribution < 1.29 is 4.79 Å². The smallest absolute Gasteiger partial charge is 0.231 e. The molecule has 2 aromatic rings. The Kier molecular flexibility index (Phi) is 3.80. The van der Waals surface area contributed by atoms with Crippen molar-refractivity contribution in [3.8, 4) is 0 Å². The Hall–Kier alpha value is -1.72. The Morgan fingerprint density at radius 2 is 2.15 bits per heavy atom. The van der Waals surface area contributed by atoms with Gasteiger partial charge in [-0.2, -0.15) is 0 Å².